The third kappa shape index (κ3) is 1.98. The number of phenols is 1. The molecule has 108 valence electrons. The highest BCUT2D eigenvalue weighted by Crippen LogP contribution is 2.48. The van der Waals surface area contributed by atoms with E-state index in [-0.39, 0.29) is 5.41 Å². The van der Waals surface area contributed by atoms with Crippen LogP contribution in [0.1, 0.15) is 37.8 Å². The monoisotopic (exact) mass is 271 g/mol. The van der Waals surface area contributed by atoms with E-state index in [9.17, 15) is 5.11 Å². The van der Waals surface area contributed by atoms with Gasteiger partial charge in [-0.15, -0.1) is 6.58 Å². The average Bonchev–Trinajstić information content (AvgIpc) is 2.50. The minimum atomic E-state index is 0.187. The Morgan fingerprint density at radius 2 is 2.30 bits per heavy atom. The summed E-state index contributed by atoms with van der Waals surface area (Å²) in [5.41, 5.74) is 2.98. The summed E-state index contributed by atoms with van der Waals surface area (Å²) in [5.74, 6) is 1.02. The molecule has 1 saturated heterocycles. The molecule has 20 heavy (non-hydrogen) atoms. The number of likely N-dealkylation sites (tertiary alicyclic amines) is 1. The van der Waals surface area contributed by atoms with Crippen molar-refractivity contribution in [3.63, 3.8) is 0 Å². The van der Waals surface area contributed by atoms with Crippen molar-refractivity contribution in [2.45, 2.75) is 44.6 Å². The number of benzene rings is 1. The van der Waals surface area contributed by atoms with Crippen LogP contribution >= 0.6 is 0 Å². The summed E-state index contributed by atoms with van der Waals surface area (Å²) in [5, 5.41) is 9.87. The molecule has 0 saturated carbocycles. The minimum absolute atomic E-state index is 0.187. The standard InChI is InChI=1S/C18H25NO/c1-4-9-19-10-5-8-18(3)13(2)17(19)11-14-6-7-15(20)12-16(14)18/h4,6-7,12-13,17,20H,1,5,8-11H2,2-3H3/t13-,17-,18-/m1/s1. The van der Waals surface area contributed by atoms with Gasteiger partial charge in [0.25, 0.3) is 0 Å². The summed E-state index contributed by atoms with van der Waals surface area (Å²) in [7, 11) is 0. The van der Waals surface area contributed by atoms with Crippen molar-refractivity contribution in [3.05, 3.63) is 42.0 Å². The first-order valence-electron chi connectivity index (χ1n) is 7.73. The number of hydrogen-bond acceptors (Lipinski definition) is 2. The number of rotatable bonds is 2. The van der Waals surface area contributed by atoms with E-state index in [1.165, 1.54) is 24.0 Å². The summed E-state index contributed by atoms with van der Waals surface area (Å²) < 4.78 is 0. The summed E-state index contributed by atoms with van der Waals surface area (Å²) in [6.07, 6.45) is 5.55. The molecule has 2 bridgehead atoms. The molecule has 1 heterocycles. The molecule has 1 aliphatic carbocycles. The summed E-state index contributed by atoms with van der Waals surface area (Å²) in [4.78, 5) is 2.60. The van der Waals surface area contributed by atoms with E-state index in [0.29, 0.717) is 17.7 Å². The molecule has 1 aromatic rings. The van der Waals surface area contributed by atoms with Gasteiger partial charge in [-0.25, -0.2) is 0 Å². The van der Waals surface area contributed by atoms with E-state index in [0.717, 1.165) is 19.5 Å². The van der Waals surface area contributed by atoms with E-state index >= 15 is 0 Å². The lowest BCUT2D eigenvalue weighted by molar-refractivity contribution is 0.130. The van der Waals surface area contributed by atoms with Crippen molar-refractivity contribution in [3.8, 4) is 5.75 Å². The number of phenolic OH excluding ortho intramolecular Hbond substituents is 1. The summed E-state index contributed by atoms with van der Waals surface area (Å²) >= 11 is 0. The summed E-state index contributed by atoms with van der Waals surface area (Å²) in [6.45, 7) is 10.8. The predicted molar refractivity (Wildman–Crippen MR) is 83.1 cm³/mol. The number of nitrogens with zero attached hydrogens (tertiary/aromatic N) is 1. The highest BCUT2D eigenvalue weighted by atomic mass is 16.3. The van der Waals surface area contributed by atoms with Crippen LogP contribution in [-0.4, -0.2) is 29.1 Å². The first-order valence-corrected chi connectivity index (χ1v) is 7.73. The van der Waals surface area contributed by atoms with E-state index in [1.54, 1.807) is 0 Å². The Hall–Kier alpha value is -1.28. The molecule has 2 nitrogen and oxygen atoms in total. The van der Waals surface area contributed by atoms with E-state index < -0.39 is 0 Å². The Morgan fingerprint density at radius 3 is 3.05 bits per heavy atom. The zero-order chi connectivity index (χ0) is 14.3. The maximum absolute atomic E-state index is 9.87. The molecule has 0 aromatic heterocycles. The van der Waals surface area contributed by atoms with Crippen LogP contribution in [0.15, 0.2) is 30.9 Å². The zero-order valence-electron chi connectivity index (χ0n) is 12.6. The Labute approximate surface area is 122 Å². The SMILES string of the molecule is C=CCN1CCC[C@@]2(C)c3cc(O)ccc3C[C@@H]1[C@H]2C. The largest absolute Gasteiger partial charge is 0.508 e. The molecule has 1 fully saturated rings. The maximum atomic E-state index is 9.87. The first kappa shape index (κ1) is 13.7. The van der Waals surface area contributed by atoms with Crippen LogP contribution in [0.3, 0.4) is 0 Å². The van der Waals surface area contributed by atoms with E-state index in [4.69, 9.17) is 0 Å². The Bertz CT molecular complexity index is 524. The van der Waals surface area contributed by atoms with Crippen molar-refractivity contribution >= 4 is 0 Å². The molecular weight excluding hydrogens is 246 g/mol. The average molecular weight is 271 g/mol. The first-order chi connectivity index (χ1) is 9.56. The van der Waals surface area contributed by atoms with Crippen LogP contribution < -0.4 is 0 Å². The van der Waals surface area contributed by atoms with Crippen LogP contribution in [0.4, 0.5) is 0 Å². The van der Waals surface area contributed by atoms with Gasteiger partial charge in [0.2, 0.25) is 0 Å². The smallest absolute Gasteiger partial charge is 0.115 e. The Morgan fingerprint density at radius 1 is 1.50 bits per heavy atom. The molecule has 0 radical (unpaired) electrons. The molecule has 0 spiro atoms. The second-order valence-electron chi connectivity index (χ2n) is 6.71. The quantitative estimate of drug-likeness (QED) is 0.832. The van der Waals surface area contributed by atoms with Gasteiger partial charge in [-0.2, -0.15) is 0 Å². The van der Waals surface area contributed by atoms with Crippen LogP contribution in [0, 0.1) is 5.92 Å². The van der Waals surface area contributed by atoms with Gasteiger partial charge in [0.05, 0.1) is 0 Å². The van der Waals surface area contributed by atoms with Crippen molar-refractivity contribution in [1.29, 1.82) is 0 Å². The number of hydrogen-bond donors (Lipinski definition) is 1. The molecule has 1 N–H and O–H groups in total. The minimum Gasteiger partial charge on any atom is -0.508 e. The maximum Gasteiger partial charge on any atom is 0.115 e. The van der Waals surface area contributed by atoms with Crippen LogP contribution in [0.2, 0.25) is 0 Å². The van der Waals surface area contributed by atoms with Crippen LogP contribution in [0.5, 0.6) is 5.75 Å². The lowest BCUT2D eigenvalue weighted by Crippen LogP contribution is -2.49. The number of aromatic hydroxyl groups is 1. The topological polar surface area (TPSA) is 23.5 Å². The molecule has 0 amide bonds. The van der Waals surface area contributed by atoms with Crippen molar-refractivity contribution in [1.82, 2.24) is 4.90 Å². The van der Waals surface area contributed by atoms with Gasteiger partial charge >= 0.3 is 0 Å². The molecule has 1 aliphatic heterocycles. The normalized spacial score (nSPS) is 33.3. The molecule has 0 unspecified atom stereocenters. The second-order valence-corrected chi connectivity index (χ2v) is 6.71. The fraction of sp³-hybridized carbons (Fsp3) is 0.556. The highest BCUT2D eigenvalue weighted by Gasteiger charge is 2.46. The molecule has 3 rings (SSSR count). The van der Waals surface area contributed by atoms with Crippen LogP contribution in [-0.2, 0) is 11.8 Å². The van der Waals surface area contributed by atoms with Crippen molar-refractivity contribution < 1.29 is 5.11 Å². The van der Waals surface area contributed by atoms with Crippen molar-refractivity contribution in [2.75, 3.05) is 13.1 Å². The molecule has 2 heteroatoms. The molecule has 3 atom stereocenters. The van der Waals surface area contributed by atoms with Gasteiger partial charge in [0.15, 0.2) is 0 Å². The third-order valence-corrected chi connectivity index (χ3v) is 5.69. The highest BCUT2D eigenvalue weighted by molar-refractivity contribution is 5.43. The van der Waals surface area contributed by atoms with Gasteiger partial charge in [-0.3, -0.25) is 4.90 Å². The molecule has 2 aliphatic rings. The molecule has 1 aromatic carbocycles. The zero-order valence-corrected chi connectivity index (χ0v) is 12.6. The fourth-order valence-corrected chi connectivity index (χ4v) is 4.36. The third-order valence-electron chi connectivity index (χ3n) is 5.69. The van der Waals surface area contributed by atoms with E-state index in [2.05, 4.69) is 31.4 Å². The number of fused-ring (bicyclic) bond motifs is 4. The van der Waals surface area contributed by atoms with Crippen molar-refractivity contribution in [2.24, 2.45) is 5.92 Å². The second kappa shape index (κ2) is 4.92. The van der Waals surface area contributed by atoms with Crippen LogP contribution in [0.25, 0.3) is 0 Å². The van der Waals surface area contributed by atoms with Gasteiger partial charge in [0.1, 0.15) is 5.75 Å². The van der Waals surface area contributed by atoms with Gasteiger partial charge in [-0.05, 0) is 60.4 Å². The lowest BCUT2D eigenvalue weighted by atomic mass is 9.61. The Kier molecular flexibility index (Phi) is 3.37. The fourth-order valence-electron chi connectivity index (χ4n) is 4.36. The van der Waals surface area contributed by atoms with Gasteiger partial charge in [-0.1, -0.05) is 26.0 Å². The molecular formula is C18H25NO. The summed E-state index contributed by atoms with van der Waals surface area (Å²) in [6, 6.07) is 6.56. The Balaban J connectivity index is 2.08. The predicted octanol–water partition coefficient (Wildman–Crippen LogP) is 3.49. The lowest BCUT2D eigenvalue weighted by Gasteiger charge is -2.47. The van der Waals surface area contributed by atoms with E-state index in [1.807, 2.05) is 18.2 Å². The van der Waals surface area contributed by atoms with Gasteiger partial charge < -0.3 is 5.11 Å². The van der Waals surface area contributed by atoms with Gasteiger partial charge in [0, 0.05) is 12.6 Å².